The third kappa shape index (κ3) is 3.71. The molecule has 2 aliphatic rings. The summed E-state index contributed by atoms with van der Waals surface area (Å²) in [6, 6.07) is 2.55. The average molecular weight is 318 g/mol. The standard InChI is InChI=1S/C17H26N4O2/c1-20(2)5-3-12-7-15(8-12)21-6-4-13-9-14(17(22)19-23)10-18-16(13)11-21/h9-10,12,15,23H,3-8,11H2,1-2H3,(H,19,22). The highest BCUT2D eigenvalue weighted by atomic mass is 16.5. The molecule has 1 aromatic rings. The maximum atomic E-state index is 11.5. The topological polar surface area (TPSA) is 68.7 Å². The molecule has 1 saturated carbocycles. The molecule has 1 aliphatic heterocycles. The van der Waals surface area contributed by atoms with Crippen LogP contribution in [0.15, 0.2) is 12.3 Å². The summed E-state index contributed by atoms with van der Waals surface area (Å²) in [5.74, 6) is 0.373. The minimum Gasteiger partial charge on any atom is -0.309 e. The van der Waals surface area contributed by atoms with Crippen LogP contribution in [0.1, 0.15) is 40.9 Å². The van der Waals surface area contributed by atoms with Crippen LogP contribution >= 0.6 is 0 Å². The lowest BCUT2D eigenvalue weighted by Crippen LogP contribution is -2.47. The summed E-state index contributed by atoms with van der Waals surface area (Å²) < 4.78 is 0. The molecule has 6 nitrogen and oxygen atoms in total. The number of carbonyl (C=O) groups is 1. The van der Waals surface area contributed by atoms with E-state index < -0.39 is 5.91 Å². The van der Waals surface area contributed by atoms with E-state index in [0.717, 1.165) is 36.7 Å². The second-order valence-electron chi connectivity index (χ2n) is 7.07. The van der Waals surface area contributed by atoms with Crippen LogP contribution in [-0.4, -0.2) is 59.1 Å². The Labute approximate surface area is 137 Å². The number of hydrogen-bond acceptors (Lipinski definition) is 5. The van der Waals surface area contributed by atoms with Crippen molar-refractivity contribution in [1.29, 1.82) is 0 Å². The fourth-order valence-corrected chi connectivity index (χ4v) is 3.61. The van der Waals surface area contributed by atoms with Gasteiger partial charge in [0.15, 0.2) is 0 Å². The molecule has 23 heavy (non-hydrogen) atoms. The van der Waals surface area contributed by atoms with Crippen molar-refractivity contribution in [3.8, 4) is 0 Å². The van der Waals surface area contributed by atoms with Gasteiger partial charge in [0.25, 0.3) is 5.91 Å². The van der Waals surface area contributed by atoms with E-state index in [1.165, 1.54) is 25.8 Å². The summed E-state index contributed by atoms with van der Waals surface area (Å²) in [4.78, 5) is 20.7. The largest absolute Gasteiger partial charge is 0.309 e. The van der Waals surface area contributed by atoms with Gasteiger partial charge in [-0.15, -0.1) is 0 Å². The van der Waals surface area contributed by atoms with Gasteiger partial charge in [-0.3, -0.25) is 19.9 Å². The van der Waals surface area contributed by atoms with E-state index >= 15 is 0 Å². The molecular formula is C17H26N4O2. The number of nitrogens with one attached hydrogen (secondary N) is 1. The van der Waals surface area contributed by atoms with E-state index in [0.29, 0.717) is 11.6 Å². The van der Waals surface area contributed by atoms with Crippen molar-refractivity contribution in [2.45, 2.75) is 38.3 Å². The number of nitrogens with zero attached hydrogens (tertiary/aromatic N) is 3. The van der Waals surface area contributed by atoms with Crippen molar-refractivity contribution in [2.24, 2.45) is 5.92 Å². The first-order valence-corrected chi connectivity index (χ1v) is 8.38. The van der Waals surface area contributed by atoms with Crippen molar-refractivity contribution in [3.05, 3.63) is 29.1 Å². The van der Waals surface area contributed by atoms with Gasteiger partial charge >= 0.3 is 0 Å². The third-order valence-electron chi connectivity index (χ3n) is 5.16. The van der Waals surface area contributed by atoms with Crippen LogP contribution < -0.4 is 5.48 Å². The van der Waals surface area contributed by atoms with E-state index in [1.807, 2.05) is 6.07 Å². The maximum absolute atomic E-state index is 11.5. The first kappa shape index (κ1) is 16.4. The first-order chi connectivity index (χ1) is 11.1. The molecule has 0 radical (unpaired) electrons. The Morgan fingerprint density at radius 1 is 1.48 bits per heavy atom. The maximum Gasteiger partial charge on any atom is 0.276 e. The van der Waals surface area contributed by atoms with Gasteiger partial charge in [-0.25, -0.2) is 5.48 Å². The highest BCUT2D eigenvalue weighted by Crippen LogP contribution is 2.36. The Bertz CT molecular complexity index is 570. The van der Waals surface area contributed by atoms with Gasteiger partial charge in [-0.1, -0.05) is 0 Å². The molecule has 0 spiro atoms. The van der Waals surface area contributed by atoms with E-state index in [-0.39, 0.29) is 0 Å². The quantitative estimate of drug-likeness (QED) is 0.632. The monoisotopic (exact) mass is 318 g/mol. The van der Waals surface area contributed by atoms with Gasteiger partial charge < -0.3 is 4.90 Å². The van der Waals surface area contributed by atoms with Gasteiger partial charge in [-0.2, -0.15) is 0 Å². The fraction of sp³-hybridized carbons (Fsp3) is 0.647. The van der Waals surface area contributed by atoms with Crippen LogP contribution in [0, 0.1) is 5.92 Å². The molecule has 1 fully saturated rings. The normalized spacial score (nSPS) is 24.2. The minimum atomic E-state index is -0.495. The number of fused-ring (bicyclic) bond motifs is 1. The predicted octanol–water partition coefficient (Wildman–Crippen LogP) is 1.29. The van der Waals surface area contributed by atoms with Crippen LogP contribution in [0.3, 0.4) is 0 Å². The van der Waals surface area contributed by atoms with Crippen LogP contribution in [0.5, 0.6) is 0 Å². The van der Waals surface area contributed by atoms with E-state index in [9.17, 15) is 4.79 Å². The second kappa shape index (κ2) is 6.95. The highest BCUT2D eigenvalue weighted by molar-refractivity contribution is 5.93. The number of pyridine rings is 1. The van der Waals surface area contributed by atoms with Crippen molar-refractivity contribution in [3.63, 3.8) is 0 Å². The number of aromatic nitrogens is 1. The molecule has 1 aromatic heterocycles. The van der Waals surface area contributed by atoms with Gasteiger partial charge in [0.05, 0.1) is 11.3 Å². The van der Waals surface area contributed by atoms with Crippen LogP contribution in [0.25, 0.3) is 0 Å². The second-order valence-corrected chi connectivity index (χ2v) is 7.07. The Morgan fingerprint density at radius 3 is 2.96 bits per heavy atom. The summed E-state index contributed by atoms with van der Waals surface area (Å²) >= 11 is 0. The summed E-state index contributed by atoms with van der Waals surface area (Å²) in [7, 11) is 4.27. The van der Waals surface area contributed by atoms with Gasteiger partial charge in [0.2, 0.25) is 0 Å². The number of hydroxylamine groups is 1. The van der Waals surface area contributed by atoms with Crippen molar-refractivity contribution >= 4 is 5.91 Å². The lowest BCUT2D eigenvalue weighted by molar-refractivity contribution is 0.0586. The van der Waals surface area contributed by atoms with Crippen LogP contribution in [0.2, 0.25) is 0 Å². The number of rotatable bonds is 5. The van der Waals surface area contributed by atoms with Crippen molar-refractivity contribution < 1.29 is 10.0 Å². The smallest absolute Gasteiger partial charge is 0.276 e. The molecule has 2 N–H and O–H groups in total. The number of carbonyl (C=O) groups excluding carboxylic acids is 1. The average Bonchev–Trinajstić information content (AvgIpc) is 2.51. The number of amides is 1. The molecule has 3 rings (SSSR count). The predicted molar refractivity (Wildman–Crippen MR) is 87.3 cm³/mol. The lowest BCUT2D eigenvalue weighted by Gasteiger charge is -2.45. The van der Waals surface area contributed by atoms with E-state index in [1.54, 1.807) is 11.7 Å². The molecule has 2 heterocycles. The Kier molecular flexibility index (Phi) is 4.94. The van der Waals surface area contributed by atoms with Crippen molar-refractivity contribution in [1.82, 2.24) is 20.3 Å². The zero-order valence-electron chi connectivity index (χ0n) is 14.0. The van der Waals surface area contributed by atoms with Crippen LogP contribution in [0.4, 0.5) is 0 Å². The molecule has 6 heteroatoms. The summed E-state index contributed by atoms with van der Waals surface area (Å²) in [5, 5.41) is 8.71. The molecule has 1 aliphatic carbocycles. The summed E-state index contributed by atoms with van der Waals surface area (Å²) in [6.07, 6.45) is 6.37. The molecule has 126 valence electrons. The molecular weight excluding hydrogens is 292 g/mol. The van der Waals surface area contributed by atoms with E-state index in [2.05, 4.69) is 28.9 Å². The van der Waals surface area contributed by atoms with Gasteiger partial charge in [0, 0.05) is 25.3 Å². The van der Waals surface area contributed by atoms with Crippen LogP contribution in [-0.2, 0) is 13.0 Å². The zero-order valence-corrected chi connectivity index (χ0v) is 14.0. The molecule has 0 aromatic carbocycles. The third-order valence-corrected chi connectivity index (χ3v) is 5.16. The molecule has 1 amide bonds. The lowest BCUT2D eigenvalue weighted by atomic mass is 9.76. The van der Waals surface area contributed by atoms with Crippen molar-refractivity contribution in [2.75, 3.05) is 27.2 Å². The van der Waals surface area contributed by atoms with Gasteiger partial charge in [0.1, 0.15) is 0 Å². The van der Waals surface area contributed by atoms with Gasteiger partial charge in [-0.05, 0) is 63.9 Å². The fourth-order valence-electron chi connectivity index (χ4n) is 3.61. The number of hydrogen-bond donors (Lipinski definition) is 2. The molecule has 0 bridgehead atoms. The SMILES string of the molecule is CN(C)CCC1CC(N2CCc3cc(C(=O)NO)cnc3C2)C1. The Balaban J connectivity index is 1.54. The molecule has 0 atom stereocenters. The zero-order chi connectivity index (χ0) is 16.4. The Morgan fingerprint density at radius 2 is 2.26 bits per heavy atom. The minimum absolute atomic E-state index is 0.423. The molecule has 0 saturated heterocycles. The Hall–Kier alpha value is -1.50. The summed E-state index contributed by atoms with van der Waals surface area (Å²) in [6.45, 7) is 3.09. The highest BCUT2D eigenvalue weighted by Gasteiger charge is 2.35. The van der Waals surface area contributed by atoms with E-state index in [4.69, 9.17) is 5.21 Å². The summed E-state index contributed by atoms with van der Waals surface area (Å²) in [5.41, 5.74) is 4.29. The first-order valence-electron chi connectivity index (χ1n) is 8.38. The molecule has 0 unspecified atom stereocenters.